The number of hydrogen-bond acceptors (Lipinski definition) is 7. The summed E-state index contributed by atoms with van der Waals surface area (Å²) in [7, 11) is -2.59. The van der Waals surface area contributed by atoms with Crippen molar-refractivity contribution < 1.29 is 27.5 Å². The fraction of sp³-hybridized carbons (Fsp3) is 0.154. The quantitative estimate of drug-likeness (QED) is 0.360. The first-order valence-corrected chi connectivity index (χ1v) is 12.6. The minimum absolute atomic E-state index is 0.0609. The maximum absolute atomic E-state index is 13.0. The number of nitrogens with zero attached hydrogens (tertiary/aromatic N) is 2. The fourth-order valence-electron chi connectivity index (χ4n) is 3.64. The molecule has 1 heterocycles. The predicted octanol–water partition coefficient (Wildman–Crippen LogP) is 3.71. The molecule has 1 fully saturated rings. The van der Waals surface area contributed by atoms with Crippen molar-refractivity contribution >= 4 is 51.1 Å². The molecule has 190 valence electrons. The van der Waals surface area contributed by atoms with E-state index in [9.17, 15) is 22.8 Å². The monoisotopic (exact) mass is 520 g/mol. The second kappa shape index (κ2) is 10.2. The molecule has 4 amide bonds. The molecule has 0 saturated carbocycles. The molecule has 3 aromatic carbocycles. The molecule has 1 aliphatic rings. The van der Waals surface area contributed by atoms with Crippen molar-refractivity contribution in [3.05, 3.63) is 77.9 Å². The standard InChI is InChI=1S/C26H24N4O6S/c1-16-8-10-18(11-9-16)30-25(32)20(24(31)28-26(30)33)15-27-22-13-12-19(14-23(22)36-3)37(34,35)29-21-7-5-4-6-17(21)2/h4-15,20,29H,1-3H3,(H,28,31,33). The second-order valence-electron chi connectivity index (χ2n) is 8.31. The lowest BCUT2D eigenvalue weighted by atomic mass is 10.1. The van der Waals surface area contributed by atoms with Crippen LogP contribution in [-0.4, -0.2) is 39.6 Å². The van der Waals surface area contributed by atoms with Crippen LogP contribution in [0.25, 0.3) is 0 Å². The highest BCUT2D eigenvalue weighted by Crippen LogP contribution is 2.31. The molecule has 0 spiro atoms. The number of aryl methyl sites for hydroxylation is 2. The van der Waals surface area contributed by atoms with Crippen LogP contribution in [0, 0.1) is 19.8 Å². The minimum atomic E-state index is -3.93. The van der Waals surface area contributed by atoms with Gasteiger partial charge in [-0.25, -0.2) is 18.1 Å². The number of rotatable bonds is 7. The third kappa shape index (κ3) is 5.36. The highest BCUT2D eigenvalue weighted by atomic mass is 32.2. The van der Waals surface area contributed by atoms with Crippen molar-refractivity contribution in [3.63, 3.8) is 0 Å². The number of anilines is 2. The Balaban J connectivity index is 1.59. The number of nitrogens with one attached hydrogen (secondary N) is 2. The fourth-order valence-corrected chi connectivity index (χ4v) is 4.78. The number of imide groups is 2. The first-order chi connectivity index (χ1) is 17.6. The largest absolute Gasteiger partial charge is 0.494 e. The van der Waals surface area contributed by atoms with Gasteiger partial charge in [-0.2, -0.15) is 0 Å². The van der Waals surface area contributed by atoms with E-state index in [0.717, 1.165) is 22.2 Å². The number of carbonyl (C=O) groups excluding carboxylic acids is 3. The zero-order chi connectivity index (χ0) is 26.7. The van der Waals surface area contributed by atoms with E-state index >= 15 is 0 Å². The maximum Gasteiger partial charge on any atom is 0.335 e. The first kappa shape index (κ1) is 25.6. The summed E-state index contributed by atoms with van der Waals surface area (Å²) >= 11 is 0. The zero-order valence-corrected chi connectivity index (χ0v) is 21.1. The molecule has 1 saturated heterocycles. The maximum atomic E-state index is 13.0. The number of ether oxygens (including phenoxy) is 1. The van der Waals surface area contributed by atoms with Gasteiger partial charge in [0.15, 0.2) is 5.92 Å². The molecule has 2 N–H and O–H groups in total. The van der Waals surface area contributed by atoms with E-state index in [1.807, 2.05) is 6.92 Å². The Morgan fingerprint density at radius 2 is 1.70 bits per heavy atom. The zero-order valence-electron chi connectivity index (χ0n) is 20.3. The Hall–Kier alpha value is -4.51. The summed E-state index contributed by atoms with van der Waals surface area (Å²) in [6.07, 6.45) is 1.10. The Morgan fingerprint density at radius 3 is 2.38 bits per heavy atom. The molecule has 1 atom stereocenters. The van der Waals surface area contributed by atoms with Gasteiger partial charge in [-0.1, -0.05) is 35.9 Å². The highest BCUT2D eigenvalue weighted by Gasteiger charge is 2.40. The van der Waals surface area contributed by atoms with Gasteiger partial charge in [-0.05, 0) is 49.7 Å². The molecule has 0 aromatic heterocycles. The number of urea groups is 1. The number of sulfonamides is 1. The van der Waals surface area contributed by atoms with Crippen molar-refractivity contribution in [3.8, 4) is 5.75 Å². The van der Waals surface area contributed by atoms with E-state index < -0.39 is 33.8 Å². The van der Waals surface area contributed by atoms with Crippen LogP contribution in [0.15, 0.2) is 76.6 Å². The number of aliphatic imine (C=N–C) groups is 1. The van der Waals surface area contributed by atoms with Gasteiger partial charge in [-0.3, -0.25) is 24.6 Å². The van der Waals surface area contributed by atoms with Crippen LogP contribution in [0.1, 0.15) is 11.1 Å². The van der Waals surface area contributed by atoms with Crippen LogP contribution < -0.4 is 19.7 Å². The number of barbiturate groups is 1. The molecular weight excluding hydrogens is 496 g/mol. The van der Waals surface area contributed by atoms with Crippen molar-refractivity contribution in [1.29, 1.82) is 0 Å². The summed E-state index contributed by atoms with van der Waals surface area (Å²) < 4.78 is 33.7. The van der Waals surface area contributed by atoms with Crippen LogP contribution in [-0.2, 0) is 19.6 Å². The van der Waals surface area contributed by atoms with Crippen molar-refractivity contribution in [2.45, 2.75) is 18.7 Å². The average molecular weight is 521 g/mol. The Labute approximate surface area is 214 Å². The average Bonchev–Trinajstić information content (AvgIpc) is 2.86. The van der Waals surface area contributed by atoms with Gasteiger partial charge in [-0.15, -0.1) is 0 Å². The summed E-state index contributed by atoms with van der Waals surface area (Å²) in [5.41, 5.74) is 2.64. The Bertz CT molecular complexity index is 1520. The number of hydrogen-bond donors (Lipinski definition) is 2. The predicted molar refractivity (Wildman–Crippen MR) is 139 cm³/mol. The lowest BCUT2D eigenvalue weighted by Gasteiger charge is -2.28. The third-order valence-electron chi connectivity index (χ3n) is 5.71. The number of para-hydroxylation sites is 1. The minimum Gasteiger partial charge on any atom is -0.494 e. The summed E-state index contributed by atoms with van der Waals surface area (Å²) in [5, 5.41) is 2.16. The molecular formula is C26H24N4O6S. The van der Waals surface area contributed by atoms with E-state index in [0.29, 0.717) is 11.4 Å². The SMILES string of the molecule is COc1cc(S(=O)(=O)Nc2ccccc2C)ccc1N=CC1C(=O)NC(=O)N(c2ccc(C)cc2)C1=O. The van der Waals surface area contributed by atoms with Gasteiger partial charge in [0, 0.05) is 12.3 Å². The van der Waals surface area contributed by atoms with E-state index in [1.54, 1.807) is 55.5 Å². The lowest BCUT2D eigenvalue weighted by molar-refractivity contribution is -0.131. The molecule has 37 heavy (non-hydrogen) atoms. The van der Waals surface area contributed by atoms with Gasteiger partial charge in [0.2, 0.25) is 5.91 Å². The van der Waals surface area contributed by atoms with Crippen LogP contribution >= 0.6 is 0 Å². The summed E-state index contributed by atoms with van der Waals surface area (Å²) in [4.78, 5) is 42.8. The van der Waals surface area contributed by atoms with E-state index in [-0.39, 0.29) is 16.3 Å². The van der Waals surface area contributed by atoms with Gasteiger partial charge in [0.1, 0.15) is 11.4 Å². The second-order valence-corrected chi connectivity index (χ2v) is 10.00. The van der Waals surface area contributed by atoms with Crippen LogP contribution in [0.5, 0.6) is 5.75 Å². The molecule has 4 rings (SSSR count). The van der Waals surface area contributed by atoms with Crippen LogP contribution in [0.3, 0.4) is 0 Å². The van der Waals surface area contributed by atoms with Gasteiger partial charge in [0.25, 0.3) is 15.9 Å². The first-order valence-electron chi connectivity index (χ1n) is 11.2. The Kier molecular flexibility index (Phi) is 7.07. The van der Waals surface area contributed by atoms with Crippen molar-refractivity contribution in [2.75, 3.05) is 16.7 Å². The van der Waals surface area contributed by atoms with Crippen LogP contribution in [0.4, 0.5) is 21.9 Å². The smallest absolute Gasteiger partial charge is 0.335 e. The molecule has 0 bridgehead atoms. The van der Waals surface area contributed by atoms with Crippen LogP contribution in [0.2, 0.25) is 0 Å². The number of methoxy groups -OCH3 is 1. The molecule has 10 nitrogen and oxygen atoms in total. The number of benzene rings is 3. The number of amides is 4. The molecule has 0 aliphatic carbocycles. The Morgan fingerprint density at radius 1 is 1.00 bits per heavy atom. The summed E-state index contributed by atoms with van der Waals surface area (Å²) in [5.74, 6) is -2.85. The van der Waals surface area contributed by atoms with Gasteiger partial charge in [0.05, 0.1) is 23.4 Å². The van der Waals surface area contributed by atoms with Crippen molar-refractivity contribution in [1.82, 2.24) is 5.32 Å². The molecule has 1 aliphatic heterocycles. The molecule has 1 unspecified atom stereocenters. The summed E-state index contributed by atoms with van der Waals surface area (Å²) in [6, 6.07) is 16.8. The molecule has 0 radical (unpaired) electrons. The lowest BCUT2D eigenvalue weighted by Crippen LogP contribution is -2.58. The molecule has 11 heteroatoms. The third-order valence-corrected chi connectivity index (χ3v) is 7.07. The topological polar surface area (TPSA) is 134 Å². The van der Waals surface area contributed by atoms with E-state index in [2.05, 4.69) is 15.0 Å². The normalized spacial score (nSPS) is 16.1. The van der Waals surface area contributed by atoms with Gasteiger partial charge < -0.3 is 4.74 Å². The number of carbonyl (C=O) groups is 3. The van der Waals surface area contributed by atoms with Gasteiger partial charge >= 0.3 is 6.03 Å². The van der Waals surface area contributed by atoms with E-state index in [1.165, 1.54) is 25.3 Å². The summed E-state index contributed by atoms with van der Waals surface area (Å²) in [6.45, 7) is 3.65. The molecule has 3 aromatic rings. The van der Waals surface area contributed by atoms with Crippen molar-refractivity contribution in [2.24, 2.45) is 10.9 Å². The highest BCUT2D eigenvalue weighted by molar-refractivity contribution is 7.92. The van der Waals surface area contributed by atoms with E-state index in [4.69, 9.17) is 4.74 Å².